The molecule has 0 saturated heterocycles. The maximum Gasteiger partial charge on any atom is 0.261 e. The Bertz CT molecular complexity index is 1100. The summed E-state index contributed by atoms with van der Waals surface area (Å²) in [6.07, 6.45) is 0. The first-order valence-corrected chi connectivity index (χ1v) is 10.3. The van der Waals surface area contributed by atoms with E-state index < -0.39 is 21.7 Å². The number of rotatable bonds is 7. The number of nitrogens with one attached hydrogen (secondary N) is 2. The molecule has 8 heteroatoms. The third kappa shape index (κ3) is 5.11. The molecule has 2 N–H and O–H groups in total. The Balaban J connectivity index is 1.90. The lowest BCUT2D eigenvalue weighted by molar-refractivity contribution is 0.102. The van der Waals surface area contributed by atoms with Crippen LogP contribution in [0.25, 0.3) is 0 Å². The molecule has 0 spiro atoms. The standard InChI is InChI=1S/C21H19FN2O4S/c1-2-28-20-13-12-18(29(26,27)24-17-10-8-16(22)9-11-17)14-19(20)23-21(25)15-6-4-3-5-7-15/h3-14,24H,2H2,1H3,(H,23,25). The fourth-order valence-corrected chi connectivity index (χ4v) is 3.66. The van der Waals surface area contributed by atoms with Gasteiger partial charge in [-0.05, 0) is 61.5 Å². The van der Waals surface area contributed by atoms with Gasteiger partial charge in [-0.25, -0.2) is 12.8 Å². The van der Waals surface area contributed by atoms with Crippen molar-refractivity contribution < 1.29 is 22.3 Å². The zero-order valence-electron chi connectivity index (χ0n) is 15.6. The molecule has 0 atom stereocenters. The van der Waals surface area contributed by atoms with E-state index in [9.17, 15) is 17.6 Å². The van der Waals surface area contributed by atoms with Crippen LogP contribution in [-0.2, 0) is 10.0 Å². The Morgan fingerprint density at radius 1 is 1.00 bits per heavy atom. The highest BCUT2D eigenvalue weighted by molar-refractivity contribution is 7.92. The number of benzene rings is 3. The Hall–Kier alpha value is -3.39. The SMILES string of the molecule is CCOc1ccc(S(=O)(=O)Nc2ccc(F)cc2)cc1NC(=O)c1ccccc1. The van der Waals surface area contributed by atoms with Gasteiger partial charge in [0.15, 0.2) is 0 Å². The zero-order chi connectivity index (χ0) is 20.9. The van der Waals surface area contributed by atoms with Crippen LogP contribution in [0.4, 0.5) is 15.8 Å². The molecule has 0 aliphatic rings. The highest BCUT2D eigenvalue weighted by Crippen LogP contribution is 2.29. The second-order valence-corrected chi connectivity index (χ2v) is 7.71. The molecular formula is C21H19FN2O4S. The normalized spacial score (nSPS) is 11.0. The highest BCUT2D eigenvalue weighted by atomic mass is 32.2. The summed E-state index contributed by atoms with van der Waals surface area (Å²) in [4.78, 5) is 12.4. The third-order valence-electron chi connectivity index (χ3n) is 3.94. The van der Waals surface area contributed by atoms with E-state index in [2.05, 4.69) is 10.0 Å². The van der Waals surface area contributed by atoms with Crippen molar-refractivity contribution in [1.82, 2.24) is 0 Å². The largest absolute Gasteiger partial charge is 0.492 e. The fourth-order valence-electron chi connectivity index (χ4n) is 2.57. The Kier molecular flexibility index (Phi) is 6.13. The van der Waals surface area contributed by atoms with E-state index in [0.29, 0.717) is 17.9 Å². The van der Waals surface area contributed by atoms with E-state index in [1.54, 1.807) is 37.3 Å². The van der Waals surface area contributed by atoms with E-state index in [4.69, 9.17) is 4.74 Å². The second kappa shape index (κ2) is 8.74. The quantitative estimate of drug-likeness (QED) is 0.604. The molecule has 0 aliphatic heterocycles. The molecule has 0 bridgehead atoms. The van der Waals surface area contributed by atoms with Gasteiger partial charge in [0.1, 0.15) is 11.6 Å². The summed E-state index contributed by atoms with van der Waals surface area (Å²) in [7, 11) is -3.96. The van der Waals surface area contributed by atoms with Gasteiger partial charge in [-0.15, -0.1) is 0 Å². The Morgan fingerprint density at radius 2 is 1.69 bits per heavy atom. The van der Waals surface area contributed by atoms with E-state index in [-0.39, 0.29) is 16.3 Å². The number of carbonyl (C=O) groups is 1. The number of ether oxygens (including phenoxy) is 1. The third-order valence-corrected chi connectivity index (χ3v) is 5.32. The Labute approximate surface area is 168 Å². The molecule has 1 amide bonds. The number of amides is 1. The van der Waals surface area contributed by atoms with Gasteiger partial charge in [-0.2, -0.15) is 0 Å². The van der Waals surface area contributed by atoms with E-state index in [1.165, 1.54) is 30.3 Å². The Morgan fingerprint density at radius 3 is 2.34 bits per heavy atom. The number of halogens is 1. The first kappa shape index (κ1) is 20.3. The van der Waals surface area contributed by atoms with Crippen LogP contribution in [0.15, 0.2) is 77.7 Å². The highest BCUT2D eigenvalue weighted by Gasteiger charge is 2.18. The van der Waals surface area contributed by atoms with Crippen LogP contribution in [0.2, 0.25) is 0 Å². The van der Waals surface area contributed by atoms with Crippen LogP contribution >= 0.6 is 0 Å². The average Bonchev–Trinajstić information content (AvgIpc) is 2.71. The van der Waals surface area contributed by atoms with Gasteiger partial charge in [-0.3, -0.25) is 9.52 Å². The molecule has 150 valence electrons. The number of anilines is 2. The molecule has 29 heavy (non-hydrogen) atoms. The average molecular weight is 414 g/mol. The minimum Gasteiger partial charge on any atom is -0.492 e. The van der Waals surface area contributed by atoms with E-state index >= 15 is 0 Å². The summed E-state index contributed by atoms with van der Waals surface area (Å²) in [5.74, 6) is -0.523. The van der Waals surface area contributed by atoms with Gasteiger partial charge >= 0.3 is 0 Å². The van der Waals surface area contributed by atoms with Crippen molar-refractivity contribution in [2.75, 3.05) is 16.6 Å². The summed E-state index contributed by atoms with van der Waals surface area (Å²) in [6.45, 7) is 2.12. The van der Waals surface area contributed by atoms with E-state index in [1.807, 2.05) is 0 Å². The lowest BCUT2D eigenvalue weighted by Gasteiger charge is -2.14. The monoisotopic (exact) mass is 414 g/mol. The first-order chi connectivity index (χ1) is 13.9. The smallest absolute Gasteiger partial charge is 0.261 e. The first-order valence-electron chi connectivity index (χ1n) is 8.80. The van der Waals surface area contributed by atoms with Crippen molar-refractivity contribution >= 4 is 27.3 Å². The summed E-state index contributed by atoms with van der Waals surface area (Å²) >= 11 is 0. The molecule has 0 heterocycles. The molecule has 0 saturated carbocycles. The minimum absolute atomic E-state index is 0.0753. The van der Waals surface area contributed by atoms with Gasteiger partial charge in [0.05, 0.1) is 17.2 Å². The van der Waals surface area contributed by atoms with Crippen molar-refractivity contribution in [1.29, 1.82) is 0 Å². The minimum atomic E-state index is -3.96. The van der Waals surface area contributed by atoms with Crippen molar-refractivity contribution in [3.8, 4) is 5.75 Å². The molecule has 0 aliphatic carbocycles. The van der Waals surface area contributed by atoms with Gasteiger partial charge in [-0.1, -0.05) is 18.2 Å². The van der Waals surface area contributed by atoms with E-state index in [0.717, 1.165) is 12.1 Å². The van der Waals surface area contributed by atoms with Crippen LogP contribution in [0, 0.1) is 5.82 Å². The van der Waals surface area contributed by atoms with Crippen LogP contribution in [0.1, 0.15) is 17.3 Å². The van der Waals surface area contributed by atoms with Gasteiger partial charge in [0, 0.05) is 11.3 Å². The van der Waals surface area contributed by atoms with Crippen molar-refractivity contribution in [3.05, 3.63) is 84.2 Å². The topological polar surface area (TPSA) is 84.5 Å². The number of hydrogen-bond acceptors (Lipinski definition) is 4. The van der Waals surface area contributed by atoms with Crippen molar-refractivity contribution in [2.24, 2.45) is 0 Å². The maximum atomic E-state index is 13.0. The molecule has 6 nitrogen and oxygen atoms in total. The molecule has 0 aromatic heterocycles. The summed E-state index contributed by atoms with van der Waals surface area (Å²) in [5.41, 5.74) is 0.866. The molecular weight excluding hydrogens is 395 g/mol. The second-order valence-electron chi connectivity index (χ2n) is 6.02. The van der Waals surface area contributed by atoms with Crippen LogP contribution in [0.5, 0.6) is 5.75 Å². The van der Waals surface area contributed by atoms with Crippen LogP contribution < -0.4 is 14.8 Å². The molecule has 0 fully saturated rings. The zero-order valence-corrected chi connectivity index (χ0v) is 16.4. The van der Waals surface area contributed by atoms with Gasteiger partial charge in [0.2, 0.25) is 0 Å². The predicted molar refractivity (Wildman–Crippen MR) is 109 cm³/mol. The van der Waals surface area contributed by atoms with Gasteiger partial charge < -0.3 is 10.1 Å². The molecule has 0 unspecified atom stereocenters. The van der Waals surface area contributed by atoms with Gasteiger partial charge in [0.25, 0.3) is 15.9 Å². The molecule has 3 rings (SSSR count). The molecule has 3 aromatic rings. The predicted octanol–water partition coefficient (Wildman–Crippen LogP) is 4.28. The fraction of sp³-hybridized carbons (Fsp3) is 0.0952. The van der Waals surface area contributed by atoms with Crippen molar-refractivity contribution in [3.63, 3.8) is 0 Å². The van der Waals surface area contributed by atoms with Crippen LogP contribution in [0.3, 0.4) is 0 Å². The lowest BCUT2D eigenvalue weighted by atomic mass is 10.2. The van der Waals surface area contributed by atoms with Crippen LogP contribution in [-0.4, -0.2) is 20.9 Å². The van der Waals surface area contributed by atoms with Crippen molar-refractivity contribution in [2.45, 2.75) is 11.8 Å². The summed E-state index contributed by atoms with van der Waals surface area (Å²) in [6, 6.07) is 17.6. The number of carbonyl (C=O) groups excluding carboxylic acids is 1. The lowest BCUT2D eigenvalue weighted by Crippen LogP contribution is -2.16. The number of hydrogen-bond donors (Lipinski definition) is 2. The maximum absolute atomic E-state index is 13.0. The number of sulfonamides is 1. The molecule has 3 aromatic carbocycles. The summed E-state index contributed by atoms with van der Waals surface area (Å²) in [5, 5.41) is 2.69. The molecule has 0 radical (unpaired) electrons. The summed E-state index contributed by atoms with van der Waals surface area (Å²) < 4.78 is 46.3.